The van der Waals surface area contributed by atoms with Gasteiger partial charge in [-0.05, 0) is 19.1 Å². The summed E-state index contributed by atoms with van der Waals surface area (Å²) < 4.78 is 5.27. The maximum absolute atomic E-state index is 10.9. The number of aryl methyl sites for hydroxylation is 1. The van der Waals surface area contributed by atoms with Crippen LogP contribution >= 0.6 is 11.3 Å². The highest BCUT2D eigenvalue weighted by Crippen LogP contribution is 2.27. The third kappa shape index (κ3) is 2.82. The summed E-state index contributed by atoms with van der Waals surface area (Å²) in [5, 5.41) is 13.6. The fourth-order valence-electron chi connectivity index (χ4n) is 2.00. The summed E-state index contributed by atoms with van der Waals surface area (Å²) in [6.07, 6.45) is 4.97. The lowest BCUT2D eigenvalue weighted by Gasteiger charge is -1.97. The monoisotopic (exact) mass is 312 g/mol. The molecular weight excluding hydrogens is 300 g/mol. The first-order valence-electron chi connectivity index (χ1n) is 6.54. The Morgan fingerprint density at radius 3 is 2.73 bits per heavy atom. The van der Waals surface area contributed by atoms with Gasteiger partial charge in [-0.1, -0.05) is 35.5 Å². The van der Waals surface area contributed by atoms with Gasteiger partial charge in [0.25, 0.3) is 0 Å². The van der Waals surface area contributed by atoms with E-state index in [4.69, 9.17) is 9.63 Å². The van der Waals surface area contributed by atoms with Crippen LogP contribution in [-0.2, 0) is 0 Å². The number of carboxylic acid groups (broad SMARTS) is 1. The Morgan fingerprint density at radius 1 is 1.27 bits per heavy atom. The summed E-state index contributed by atoms with van der Waals surface area (Å²) in [6.45, 7) is 1.84. The van der Waals surface area contributed by atoms with Crippen LogP contribution < -0.4 is 0 Å². The molecule has 0 unspecified atom stereocenters. The molecule has 5 nitrogen and oxygen atoms in total. The Balaban J connectivity index is 1.93. The standard InChI is InChI=1S/C16H12N2O3S/c1-10-12(7-8-14-17-9-13(22-14)16(19)20)15(18-21-10)11-5-3-2-4-6-11/h2-9H,1H3,(H,19,20)/b8-7+. The van der Waals surface area contributed by atoms with Crippen molar-refractivity contribution in [3.05, 3.63) is 57.7 Å². The summed E-state index contributed by atoms with van der Waals surface area (Å²) in [6, 6.07) is 9.73. The van der Waals surface area contributed by atoms with Crippen LogP contribution in [0.2, 0.25) is 0 Å². The van der Waals surface area contributed by atoms with Crippen molar-refractivity contribution in [3.8, 4) is 11.3 Å². The smallest absolute Gasteiger partial charge is 0.347 e. The van der Waals surface area contributed by atoms with Gasteiger partial charge in [-0.25, -0.2) is 9.78 Å². The lowest BCUT2D eigenvalue weighted by atomic mass is 10.1. The molecule has 2 aromatic heterocycles. The molecule has 22 heavy (non-hydrogen) atoms. The number of carboxylic acids is 1. The van der Waals surface area contributed by atoms with Gasteiger partial charge in [0.15, 0.2) is 0 Å². The maximum atomic E-state index is 10.9. The third-order valence-electron chi connectivity index (χ3n) is 3.08. The van der Waals surface area contributed by atoms with Crippen LogP contribution in [0, 0.1) is 6.92 Å². The lowest BCUT2D eigenvalue weighted by Crippen LogP contribution is -1.89. The number of hydrogen-bond acceptors (Lipinski definition) is 5. The molecule has 0 fully saturated rings. The Labute approximate surface area is 130 Å². The van der Waals surface area contributed by atoms with Crippen LogP contribution in [0.1, 0.15) is 26.0 Å². The average molecular weight is 312 g/mol. The summed E-state index contributed by atoms with van der Waals surface area (Å²) in [4.78, 5) is 15.1. The highest BCUT2D eigenvalue weighted by atomic mass is 32.1. The van der Waals surface area contributed by atoms with Gasteiger partial charge in [-0.15, -0.1) is 11.3 Å². The highest BCUT2D eigenvalue weighted by molar-refractivity contribution is 7.14. The van der Waals surface area contributed by atoms with Crippen molar-refractivity contribution >= 4 is 29.5 Å². The highest BCUT2D eigenvalue weighted by Gasteiger charge is 2.12. The van der Waals surface area contributed by atoms with Crippen LogP contribution in [0.25, 0.3) is 23.4 Å². The van der Waals surface area contributed by atoms with Gasteiger partial charge < -0.3 is 9.63 Å². The SMILES string of the molecule is Cc1onc(-c2ccccc2)c1/C=C/c1ncc(C(=O)O)s1. The molecule has 0 spiro atoms. The second-order valence-corrected chi connectivity index (χ2v) is 5.63. The van der Waals surface area contributed by atoms with E-state index in [-0.39, 0.29) is 4.88 Å². The van der Waals surface area contributed by atoms with E-state index < -0.39 is 5.97 Å². The molecule has 3 aromatic rings. The summed E-state index contributed by atoms with van der Waals surface area (Å²) in [5.41, 5.74) is 2.58. The van der Waals surface area contributed by atoms with Crippen molar-refractivity contribution in [2.75, 3.05) is 0 Å². The first-order chi connectivity index (χ1) is 10.6. The number of carbonyl (C=O) groups is 1. The molecule has 1 aromatic carbocycles. The molecule has 0 saturated carbocycles. The molecule has 0 bridgehead atoms. The Morgan fingerprint density at radius 2 is 2.05 bits per heavy atom. The first kappa shape index (κ1) is 14.2. The van der Waals surface area contributed by atoms with E-state index in [0.29, 0.717) is 10.8 Å². The van der Waals surface area contributed by atoms with Crippen molar-refractivity contribution in [3.63, 3.8) is 0 Å². The van der Waals surface area contributed by atoms with Crippen molar-refractivity contribution in [2.24, 2.45) is 0 Å². The molecule has 3 rings (SSSR count). The molecular formula is C16H12N2O3S. The minimum Gasteiger partial charge on any atom is -0.477 e. The van der Waals surface area contributed by atoms with Crippen molar-refractivity contribution < 1.29 is 14.4 Å². The number of rotatable bonds is 4. The van der Waals surface area contributed by atoms with Crippen molar-refractivity contribution in [1.82, 2.24) is 10.1 Å². The van der Waals surface area contributed by atoms with E-state index in [0.717, 1.165) is 28.2 Å². The predicted octanol–water partition coefficient (Wildman–Crippen LogP) is 3.98. The lowest BCUT2D eigenvalue weighted by molar-refractivity contribution is 0.0702. The number of nitrogens with zero attached hydrogens (tertiary/aromatic N) is 2. The maximum Gasteiger partial charge on any atom is 0.347 e. The van der Waals surface area contributed by atoms with Gasteiger partial charge in [0, 0.05) is 11.1 Å². The number of thiazole rings is 1. The van der Waals surface area contributed by atoms with Gasteiger partial charge in [-0.3, -0.25) is 0 Å². The van der Waals surface area contributed by atoms with Gasteiger partial charge in [0.1, 0.15) is 21.3 Å². The Kier molecular flexibility index (Phi) is 3.84. The van der Waals surface area contributed by atoms with E-state index in [9.17, 15) is 4.79 Å². The number of hydrogen-bond donors (Lipinski definition) is 1. The van der Waals surface area contributed by atoms with Gasteiger partial charge in [-0.2, -0.15) is 0 Å². The van der Waals surface area contributed by atoms with Crippen LogP contribution in [0.3, 0.4) is 0 Å². The Hall–Kier alpha value is -2.73. The van der Waals surface area contributed by atoms with Crippen molar-refractivity contribution in [1.29, 1.82) is 0 Å². The first-order valence-corrected chi connectivity index (χ1v) is 7.35. The number of benzene rings is 1. The second kappa shape index (κ2) is 5.95. The van der Waals surface area contributed by atoms with Crippen LogP contribution in [0.4, 0.5) is 0 Å². The molecule has 2 heterocycles. The predicted molar refractivity (Wildman–Crippen MR) is 84.7 cm³/mol. The zero-order chi connectivity index (χ0) is 15.5. The molecule has 110 valence electrons. The molecule has 0 saturated heterocycles. The summed E-state index contributed by atoms with van der Waals surface area (Å²) >= 11 is 1.12. The number of aromatic nitrogens is 2. The van der Waals surface area contributed by atoms with Crippen LogP contribution in [-0.4, -0.2) is 21.2 Å². The summed E-state index contributed by atoms with van der Waals surface area (Å²) in [7, 11) is 0. The van der Waals surface area contributed by atoms with E-state index >= 15 is 0 Å². The molecule has 0 radical (unpaired) electrons. The number of aromatic carboxylic acids is 1. The largest absolute Gasteiger partial charge is 0.477 e. The quantitative estimate of drug-likeness (QED) is 0.788. The molecule has 1 N–H and O–H groups in total. The minimum absolute atomic E-state index is 0.213. The van der Waals surface area contributed by atoms with Gasteiger partial charge in [0.05, 0.1) is 6.20 Å². The van der Waals surface area contributed by atoms with E-state index in [2.05, 4.69) is 10.1 Å². The molecule has 6 heteroatoms. The van der Waals surface area contributed by atoms with Crippen molar-refractivity contribution in [2.45, 2.75) is 6.92 Å². The Bertz CT molecular complexity index is 834. The minimum atomic E-state index is -0.969. The summed E-state index contributed by atoms with van der Waals surface area (Å²) in [5.74, 6) is -0.270. The second-order valence-electron chi connectivity index (χ2n) is 4.57. The molecule has 0 aliphatic heterocycles. The zero-order valence-electron chi connectivity index (χ0n) is 11.7. The topological polar surface area (TPSA) is 76.2 Å². The normalized spacial score (nSPS) is 11.1. The van der Waals surface area contributed by atoms with E-state index in [1.807, 2.05) is 43.3 Å². The fraction of sp³-hybridized carbons (Fsp3) is 0.0625. The molecule has 0 aliphatic carbocycles. The van der Waals surface area contributed by atoms with Crippen LogP contribution in [0.15, 0.2) is 41.1 Å². The van der Waals surface area contributed by atoms with E-state index in [1.54, 1.807) is 6.08 Å². The van der Waals surface area contributed by atoms with Gasteiger partial charge >= 0.3 is 5.97 Å². The van der Waals surface area contributed by atoms with Crippen LogP contribution in [0.5, 0.6) is 0 Å². The zero-order valence-corrected chi connectivity index (χ0v) is 12.5. The van der Waals surface area contributed by atoms with Gasteiger partial charge in [0.2, 0.25) is 0 Å². The molecule has 0 aliphatic rings. The molecule has 0 atom stereocenters. The average Bonchev–Trinajstić information content (AvgIpc) is 3.13. The molecule has 0 amide bonds. The van der Waals surface area contributed by atoms with E-state index in [1.165, 1.54) is 6.20 Å². The fourth-order valence-corrected chi connectivity index (χ4v) is 2.66. The third-order valence-corrected chi connectivity index (χ3v) is 4.03.